The Bertz CT molecular complexity index is 685. The monoisotopic (exact) mass is 358 g/mol. The Labute approximate surface area is 144 Å². The Hall–Kier alpha value is -2.51. The van der Waals surface area contributed by atoms with E-state index in [-0.39, 0.29) is 11.4 Å². The van der Waals surface area contributed by atoms with Gasteiger partial charge >= 0.3 is 12.3 Å². The molecule has 0 atom stereocenters. The van der Waals surface area contributed by atoms with E-state index in [1.54, 1.807) is 34.6 Å². The first-order chi connectivity index (χ1) is 11.3. The molecule has 0 aromatic heterocycles. The van der Waals surface area contributed by atoms with Gasteiger partial charge in [-0.05, 0) is 52.8 Å². The molecule has 8 heteroatoms. The first kappa shape index (κ1) is 20.5. The summed E-state index contributed by atoms with van der Waals surface area (Å²) in [5, 5.41) is 4.68. The number of nitrogens with one attached hydrogen (secondary N) is 2. The molecule has 0 saturated carbocycles. The lowest BCUT2D eigenvalue weighted by Gasteiger charge is -2.21. The highest BCUT2D eigenvalue weighted by molar-refractivity contribution is 6.03. The van der Waals surface area contributed by atoms with Crippen molar-refractivity contribution in [2.75, 3.05) is 10.6 Å². The average molecular weight is 358 g/mol. The minimum Gasteiger partial charge on any atom is -0.444 e. The summed E-state index contributed by atoms with van der Waals surface area (Å²) in [5.41, 5.74) is -1.23. The van der Waals surface area contributed by atoms with Gasteiger partial charge < -0.3 is 10.1 Å². The maximum atomic E-state index is 12.9. The van der Waals surface area contributed by atoms with E-state index in [0.717, 1.165) is 18.2 Å². The molecule has 0 fully saturated rings. The molecule has 0 unspecified atom stereocenters. The minimum absolute atomic E-state index is 0.00208. The fourth-order valence-electron chi connectivity index (χ4n) is 1.78. The molecule has 2 N–H and O–H groups in total. The third kappa shape index (κ3) is 7.28. The zero-order chi connectivity index (χ0) is 19.4. The molecule has 1 aromatic carbocycles. The van der Waals surface area contributed by atoms with Crippen LogP contribution in [0.2, 0.25) is 0 Å². The third-order valence-corrected chi connectivity index (χ3v) is 2.66. The van der Waals surface area contributed by atoms with Gasteiger partial charge in [-0.3, -0.25) is 10.1 Å². The molecule has 25 heavy (non-hydrogen) atoms. The van der Waals surface area contributed by atoms with E-state index in [1.165, 1.54) is 6.08 Å². The van der Waals surface area contributed by atoms with Crippen LogP contribution in [0.1, 0.15) is 40.2 Å². The molecule has 0 aliphatic carbocycles. The first-order valence-electron chi connectivity index (χ1n) is 7.45. The molecule has 0 heterocycles. The highest BCUT2D eigenvalue weighted by Crippen LogP contribution is 2.34. The van der Waals surface area contributed by atoms with Crippen LogP contribution in [-0.4, -0.2) is 17.6 Å². The largest absolute Gasteiger partial charge is 0.444 e. The highest BCUT2D eigenvalue weighted by atomic mass is 19.4. The molecule has 0 aliphatic heterocycles. The van der Waals surface area contributed by atoms with Crippen molar-refractivity contribution in [1.82, 2.24) is 0 Å². The second-order valence-corrected chi connectivity index (χ2v) is 6.60. The lowest BCUT2D eigenvalue weighted by atomic mass is 10.1. The molecular weight excluding hydrogens is 337 g/mol. The highest BCUT2D eigenvalue weighted by Gasteiger charge is 2.31. The summed E-state index contributed by atoms with van der Waals surface area (Å²) in [5.74, 6) is -0.605. The molecule has 0 saturated heterocycles. The van der Waals surface area contributed by atoms with Crippen LogP contribution < -0.4 is 10.6 Å². The summed E-state index contributed by atoms with van der Waals surface area (Å²) in [6.45, 7) is 8.29. The van der Waals surface area contributed by atoms with Crippen molar-refractivity contribution in [3.8, 4) is 0 Å². The number of hydrogen-bond donors (Lipinski definition) is 2. The molecule has 0 aliphatic rings. The normalized spacial score (nSPS) is 11.5. The van der Waals surface area contributed by atoms with E-state index in [9.17, 15) is 22.8 Å². The summed E-state index contributed by atoms with van der Waals surface area (Å²) in [4.78, 5) is 23.7. The van der Waals surface area contributed by atoms with Crippen LogP contribution in [0.4, 0.5) is 29.3 Å². The summed E-state index contributed by atoms with van der Waals surface area (Å²) >= 11 is 0. The molecule has 5 nitrogen and oxygen atoms in total. The van der Waals surface area contributed by atoms with Gasteiger partial charge in [0, 0.05) is 6.08 Å². The number of halogens is 3. The molecule has 1 aromatic rings. The van der Waals surface area contributed by atoms with Crippen LogP contribution in [0.15, 0.2) is 29.8 Å². The van der Waals surface area contributed by atoms with Gasteiger partial charge in [-0.25, -0.2) is 4.79 Å². The van der Waals surface area contributed by atoms with Gasteiger partial charge in [-0.2, -0.15) is 13.2 Å². The molecule has 1 rings (SSSR count). The number of hydrogen-bond acceptors (Lipinski definition) is 3. The van der Waals surface area contributed by atoms with E-state index in [2.05, 4.69) is 10.6 Å². The predicted octanol–water partition coefficient (Wildman–Crippen LogP) is 4.96. The average Bonchev–Trinajstić information content (AvgIpc) is 2.36. The Kier molecular flexibility index (Phi) is 6.23. The van der Waals surface area contributed by atoms with E-state index >= 15 is 0 Å². The number of amides is 2. The lowest BCUT2D eigenvalue weighted by molar-refractivity contribution is -0.137. The lowest BCUT2D eigenvalue weighted by Crippen LogP contribution is -2.27. The van der Waals surface area contributed by atoms with Crippen molar-refractivity contribution in [3.05, 3.63) is 35.4 Å². The summed E-state index contributed by atoms with van der Waals surface area (Å²) < 4.78 is 43.8. The standard InChI is InChI=1S/C17H21F3N2O3/c1-10(2)8-14(23)21-13-9-11(17(18,19)20)6-7-12(13)22-15(24)25-16(3,4)5/h6-9H,1-5H3,(H,21,23)(H,22,24). The fourth-order valence-corrected chi connectivity index (χ4v) is 1.78. The third-order valence-electron chi connectivity index (χ3n) is 2.66. The molecule has 0 bridgehead atoms. The summed E-state index contributed by atoms with van der Waals surface area (Å²) in [7, 11) is 0. The molecule has 0 radical (unpaired) electrons. The van der Waals surface area contributed by atoms with Crippen LogP contribution in [0, 0.1) is 0 Å². The summed E-state index contributed by atoms with van der Waals surface area (Å²) in [6.07, 6.45) is -4.19. The van der Waals surface area contributed by atoms with E-state index in [0.29, 0.717) is 5.57 Å². The number of benzene rings is 1. The second kappa shape index (κ2) is 7.58. The zero-order valence-electron chi connectivity index (χ0n) is 14.7. The Morgan fingerprint density at radius 2 is 1.64 bits per heavy atom. The van der Waals surface area contributed by atoms with Crippen LogP contribution in [0.5, 0.6) is 0 Å². The van der Waals surface area contributed by atoms with Crippen molar-refractivity contribution in [2.45, 2.75) is 46.4 Å². The number of carbonyl (C=O) groups is 2. The van der Waals surface area contributed by atoms with Crippen molar-refractivity contribution in [1.29, 1.82) is 0 Å². The Balaban J connectivity index is 3.16. The summed E-state index contributed by atoms with van der Waals surface area (Å²) in [6, 6.07) is 2.62. The van der Waals surface area contributed by atoms with Crippen LogP contribution in [-0.2, 0) is 15.7 Å². The van der Waals surface area contributed by atoms with Crippen molar-refractivity contribution in [2.24, 2.45) is 0 Å². The molecule has 138 valence electrons. The Morgan fingerprint density at radius 3 is 2.12 bits per heavy atom. The van der Waals surface area contributed by atoms with E-state index < -0.39 is 29.3 Å². The van der Waals surface area contributed by atoms with Gasteiger partial charge in [0.05, 0.1) is 16.9 Å². The van der Waals surface area contributed by atoms with Gasteiger partial charge in [-0.1, -0.05) is 5.57 Å². The minimum atomic E-state index is -4.58. The van der Waals surface area contributed by atoms with Crippen molar-refractivity contribution >= 4 is 23.4 Å². The topological polar surface area (TPSA) is 67.4 Å². The van der Waals surface area contributed by atoms with Crippen molar-refractivity contribution in [3.63, 3.8) is 0 Å². The maximum absolute atomic E-state index is 12.9. The molecule has 0 spiro atoms. The van der Waals surface area contributed by atoms with Crippen LogP contribution in [0.25, 0.3) is 0 Å². The first-order valence-corrected chi connectivity index (χ1v) is 7.45. The zero-order valence-corrected chi connectivity index (χ0v) is 14.7. The van der Waals surface area contributed by atoms with Crippen LogP contribution in [0.3, 0.4) is 0 Å². The van der Waals surface area contributed by atoms with Gasteiger partial charge in [-0.15, -0.1) is 0 Å². The molecular formula is C17H21F3N2O3. The van der Waals surface area contributed by atoms with E-state index in [1.807, 2.05) is 0 Å². The number of carbonyl (C=O) groups excluding carboxylic acids is 2. The quantitative estimate of drug-likeness (QED) is 0.751. The smallest absolute Gasteiger partial charge is 0.416 e. The van der Waals surface area contributed by atoms with Crippen molar-refractivity contribution < 1.29 is 27.5 Å². The SMILES string of the molecule is CC(C)=CC(=O)Nc1cc(C(F)(F)F)ccc1NC(=O)OC(C)(C)C. The van der Waals surface area contributed by atoms with Gasteiger partial charge in [0.25, 0.3) is 0 Å². The maximum Gasteiger partial charge on any atom is 0.416 e. The number of allylic oxidation sites excluding steroid dienone is 1. The van der Waals surface area contributed by atoms with E-state index in [4.69, 9.17) is 4.74 Å². The second-order valence-electron chi connectivity index (χ2n) is 6.60. The number of alkyl halides is 3. The molecule has 2 amide bonds. The van der Waals surface area contributed by atoms with Gasteiger partial charge in [0.1, 0.15) is 5.60 Å². The number of anilines is 2. The number of rotatable bonds is 3. The fraction of sp³-hybridized carbons (Fsp3) is 0.412. The number of ether oxygens (including phenoxy) is 1. The Morgan fingerprint density at radius 1 is 1.04 bits per heavy atom. The van der Waals surface area contributed by atoms with Gasteiger partial charge in [0.2, 0.25) is 5.91 Å². The van der Waals surface area contributed by atoms with Gasteiger partial charge in [0.15, 0.2) is 0 Å². The predicted molar refractivity (Wildman–Crippen MR) is 89.4 cm³/mol. The van der Waals surface area contributed by atoms with Crippen LogP contribution >= 0.6 is 0 Å².